The quantitative estimate of drug-likeness (QED) is 0.133. The standard InChI is InChI=1S/C35H48IN9O/c1-34(2,3)42-12-10-41(11-13-42)27-8-9-30(37-22-27)43-14-15-44(29-7-5-4-6-28(29)43)33(46)38-32-25-16-24-17-26(32)20-35(18-24,19-25)21-31-39-40-36-23-45(31)36/h4-9,22,24-26,32,40H,10-21,23H2,1-3H3,(H,38,46). The molecule has 5 heterocycles. The molecule has 2 atom stereocenters. The van der Waals surface area contributed by atoms with Crippen LogP contribution in [0.4, 0.5) is 27.7 Å². The molecular weight excluding hydrogens is 689 g/mol. The number of anilines is 4. The molecule has 2 saturated heterocycles. The summed E-state index contributed by atoms with van der Waals surface area (Å²) in [6, 6.07) is 13.1. The minimum Gasteiger partial charge on any atom is -0.237 e. The van der Waals surface area contributed by atoms with Crippen molar-refractivity contribution in [3.8, 4) is 0 Å². The van der Waals surface area contributed by atoms with Crippen LogP contribution in [-0.4, -0.2) is 80.3 Å². The third-order valence-corrected chi connectivity index (χ3v) is 15.7. The Morgan fingerprint density at radius 1 is 0.978 bits per heavy atom. The van der Waals surface area contributed by atoms with Crippen LogP contribution in [0.1, 0.15) is 59.3 Å². The number of pyridine rings is 1. The summed E-state index contributed by atoms with van der Waals surface area (Å²) < 4.78 is 7.30. The first kappa shape index (κ1) is 29.3. The maximum absolute atomic E-state index is 14.1. The fourth-order valence-electron chi connectivity index (χ4n) is 9.99. The van der Waals surface area contributed by atoms with Gasteiger partial charge in [0.1, 0.15) is 5.82 Å². The molecule has 2 amide bonds. The molecule has 2 aromatic rings. The van der Waals surface area contributed by atoms with E-state index in [1.165, 1.54) is 48.2 Å². The van der Waals surface area contributed by atoms with Gasteiger partial charge in [-0.1, -0.05) is 12.1 Å². The summed E-state index contributed by atoms with van der Waals surface area (Å²) in [6.45, 7) is 12.4. The van der Waals surface area contributed by atoms with Crippen molar-refractivity contribution in [2.75, 3.05) is 58.5 Å². The Hall–Kier alpha value is -2.80. The van der Waals surface area contributed by atoms with Crippen LogP contribution < -0.4 is 23.7 Å². The molecule has 1 aromatic carbocycles. The number of alkyl halides is 1. The molecule has 0 spiro atoms. The van der Waals surface area contributed by atoms with E-state index in [1.807, 2.05) is 17.2 Å². The average Bonchev–Trinajstić information content (AvgIpc) is 3.74. The number of hydrogen-bond donors (Lipinski definition) is 2. The van der Waals surface area contributed by atoms with Gasteiger partial charge in [-0.15, -0.1) is 0 Å². The van der Waals surface area contributed by atoms with E-state index in [2.05, 4.69) is 77.9 Å². The number of fused-ring (bicyclic) bond motifs is 2. The number of hydrogen-bond acceptors (Lipinski definition) is 8. The van der Waals surface area contributed by atoms with Crippen LogP contribution in [0, 0.1) is 23.2 Å². The fraction of sp³-hybridized carbons (Fsp3) is 0.629. The molecule has 6 fully saturated rings. The topological polar surface area (TPSA) is 82.4 Å². The molecule has 0 radical (unpaired) electrons. The van der Waals surface area contributed by atoms with E-state index < -0.39 is 20.4 Å². The zero-order chi connectivity index (χ0) is 31.2. The molecule has 2 unspecified atom stereocenters. The monoisotopic (exact) mass is 737 g/mol. The Labute approximate surface area is 281 Å². The predicted molar refractivity (Wildman–Crippen MR) is 193 cm³/mol. The maximum atomic E-state index is 14.1. The van der Waals surface area contributed by atoms with Crippen molar-refractivity contribution in [1.29, 1.82) is 0 Å². The van der Waals surface area contributed by atoms with Crippen LogP contribution in [-0.2, 0) is 0 Å². The van der Waals surface area contributed by atoms with Crippen LogP contribution in [0.3, 0.4) is 0 Å². The molecule has 246 valence electrons. The van der Waals surface area contributed by atoms with Gasteiger partial charge in [0.25, 0.3) is 0 Å². The first-order valence-corrected chi connectivity index (χ1v) is 21.0. The second-order valence-corrected chi connectivity index (χ2v) is 20.1. The number of urea groups is 1. The van der Waals surface area contributed by atoms with Crippen molar-refractivity contribution in [2.45, 2.75) is 70.9 Å². The van der Waals surface area contributed by atoms with Gasteiger partial charge in [-0.25, -0.2) is 4.98 Å². The van der Waals surface area contributed by atoms with Gasteiger partial charge in [0.15, 0.2) is 0 Å². The number of nitrogens with zero attached hydrogens (tertiary/aromatic N) is 7. The minimum absolute atomic E-state index is 0.0689. The Kier molecular flexibility index (Phi) is 6.93. The molecule has 10 nitrogen and oxygen atoms in total. The number of hydrazone groups is 1. The smallest absolute Gasteiger partial charge is 0.237 e. The number of carbonyl (C=O) groups excluding carboxylic acids is 1. The van der Waals surface area contributed by atoms with Gasteiger partial charge in [0.05, 0.1) is 11.9 Å². The Morgan fingerprint density at radius 2 is 1.74 bits per heavy atom. The Balaban J connectivity index is 0.872. The number of halogens is 1. The molecule has 4 bridgehead atoms. The molecule has 46 heavy (non-hydrogen) atoms. The zero-order valence-electron chi connectivity index (χ0n) is 27.5. The third-order valence-electron chi connectivity index (χ3n) is 12.0. The van der Waals surface area contributed by atoms with Crippen molar-refractivity contribution in [1.82, 2.24) is 22.0 Å². The number of nitrogens with one attached hydrogen (secondary N) is 2. The second-order valence-electron chi connectivity index (χ2n) is 15.9. The number of para-hydroxylation sites is 2. The number of carbonyl (C=O) groups is 1. The average molecular weight is 738 g/mol. The predicted octanol–water partition coefficient (Wildman–Crippen LogP) is 5.78. The van der Waals surface area contributed by atoms with E-state index in [4.69, 9.17) is 10.1 Å². The molecule has 10 rings (SSSR count). The Bertz CT molecular complexity index is 1520. The molecule has 4 aliphatic carbocycles. The van der Waals surface area contributed by atoms with Crippen LogP contribution >= 0.6 is 20.4 Å². The van der Waals surface area contributed by atoms with E-state index in [1.54, 1.807) is 0 Å². The number of benzene rings is 1. The summed E-state index contributed by atoms with van der Waals surface area (Å²) in [6.07, 6.45) is 9.56. The molecule has 4 saturated carbocycles. The van der Waals surface area contributed by atoms with Gasteiger partial charge in [-0.3, -0.25) is 4.90 Å². The summed E-state index contributed by atoms with van der Waals surface area (Å²) in [4.78, 5) is 28.3. The van der Waals surface area contributed by atoms with Gasteiger partial charge < -0.3 is 9.80 Å². The van der Waals surface area contributed by atoms with Crippen molar-refractivity contribution in [3.05, 3.63) is 42.6 Å². The molecule has 2 N–H and O–H groups in total. The number of rotatable bonds is 5. The SMILES string of the molecule is CC(C)(C)N1CCN(c2ccc(N3CCN(C(=O)NC4C5CC6CC4CC(CC4=NNI7CN47)(C6)C5)c4ccccc43)nc2)CC1. The van der Waals surface area contributed by atoms with Crippen molar-refractivity contribution >= 4 is 55.1 Å². The number of amidine groups is 1. The van der Waals surface area contributed by atoms with Crippen LogP contribution in [0.15, 0.2) is 47.7 Å². The van der Waals surface area contributed by atoms with E-state index in [0.717, 1.165) is 62.3 Å². The molecule has 11 heteroatoms. The van der Waals surface area contributed by atoms with Gasteiger partial charge in [-0.2, -0.15) is 0 Å². The first-order valence-electron chi connectivity index (χ1n) is 17.4. The minimum atomic E-state index is -1.04. The van der Waals surface area contributed by atoms with Crippen molar-refractivity contribution < 1.29 is 4.79 Å². The second kappa shape index (κ2) is 10.9. The molecular formula is C35H48IN9O. The third kappa shape index (κ3) is 5.11. The van der Waals surface area contributed by atoms with Gasteiger partial charge >= 0.3 is 162 Å². The zero-order valence-corrected chi connectivity index (χ0v) is 29.6. The number of amides is 2. The summed E-state index contributed by atoms with van der Waals surface area (Å²) in [5.41, 5.74) is 3.82. The summed E-state index contributed by atoms with van der Waals surface area (Å²) in [5.74, 6) is 4.29. The summed E-state index contributed by atoms with van der Waals surface area (Å²) >= 11 is -1.04. The van der Waals surface area contributed by atoms with Crippen molar-refractivity contribution in [2.24, 2.45) is 28.3 Å². The van der Waals surface area contributed by atoms with Gasteiger partial charge in [0.2, 0.25) is 0 Å². The fourth-order valence-corrected chi connectivity index (χ4v) is 13.6. The number of aromatic nitrogens is 1. The first-order chi connectivity index (χ1) is 22.2. The van der Waals surface area contributed by atoms with Crippen LogP contribution in [0.2, 0.25) is 0 Å². The van der Waals surface area contributed by atoms with Gasteiger partial charge in [-0.05, 0) is 39.0 Å². The Morgan fingerprint density at radius 3 is 2.39 bits per heavy atom. The van der Waals surface area contributed by atoms with E-state index >= 15 is 0 Å². The van der Waals surface area contributed by atoms with Crippen LogP contribution in [0.25, 0.3) is 0 Å². The van der Waals surface area contributed by atoms with E-state index in [9.17, 15) is 4.79 Å². The molecule has 1 aromatic heterocycles. The number of piperazine rings is 1. The van der Waals surface area contributed by atoms with E-state index in [-0.39, 0.29) is 17.6 Å². The molecule has 4 aliphatic heterocycles. The summed E-state index contributed by atoms with van der Waals surface area (Å²) in [7, 11) is 0. The van der Waals surface area contributed by atoms with Crippen molar-refractivity contribution in [3.63, 3.8) is 0 Å². The van der Waals surface area contributed by atoms with Gasteiger partial charge in [0, 0.05) is 31.7 Å². The summed E-state index contributed by atoms with van der Waals surface area (Å²) in [5, 5.41) is 8.34. The normalized spacial score (nSPS) is 32.2. The van der Waals surface area contributed by atoms with E-state index in [0.29, 0.717) is 23.8 Å². The van der Waals surface area contributed by atoms with Crippen LogP contribution in [0.5, 0.6) is 0 Å². The molecule has 8 aliphatic rings.